The lowest BCUT2D eigenvalue weighted by Gasteiger charge is -2.34. The Balaban J connectivity index is 2.60. The fraction of sp³-hybridized carbons (Fsp3) is 0.500. The molecule has 0 bridgehead atoms. The van der Waals surface area contributed by atoms with Gasteiger partial charge in [0.1, 0.15) is 0 Å². The van der Waals surface area contributed by atoms with E-state index in [-0.39, 0.29) is 9.92 Å². The Labute approximate surface area is 123 Å². The highest BCUT2D eigenvalue weighted by molar-refractivity contribution is 7.90. The highest BCUT2D eigenvalue weighted by Gasteiger charge is 2.41. The van der Waals surface area contributed by atoms with Crippen LogP contribution >= 0.6 is 11.6 Å². The molecule has 1 aromatic rings. The van der Waals surface area contributed by atoms with Crippen molar-refractivity contribution in [2.45, 2.75) is 42.4 Å². The SMILES string of the molecule is CS(=O)(=O)c1cc(Cl)cc(C2(C(=O)O)CCCCC2)c1. The molecular weight excluding hydrogens is 300 g/mol. The monoisotopic (exact) mass is 316 g/mol. The van der Waals surface area contributed by atoms with Gasteiger partial charge in [-0.25, -0.2) is 8.42 Å². The second-order valence-electron chi connectivity index (χ2n) is 5.40. The van der Waals surface area contributed by atoms with Crippen LogP contribution in [-0.2, 0) is 20.0 Å². The molecule has 2 rings (SSSR count). The lowest BCUT2D eigenvalue weighted by Crippen LogP contribution is -2.38. The average Bonchev–Trinajstić information content (AvgIpc) is 2.37. The summed E-state index contributed by atoms with van der Waals surface area (Å²) in [6.07, 6.45) is 4.79. The maximum Gasteiger partial charge on any atom is 0.314 e. The second kappa shape index (κ2) is 5.37. The number of carbonyl (C=O) groups is 1. The number of benzene rings is 1. The molecule has 4 nitrogen and oxygen atoms in total. The zero-order valence-electron chi connectivity index (χ0n) is 11.2. The first kappa shape index (κ1) is 15.3. The van der Waals surface area contributed by atoms with Gasteiger partial charge < -0.3 is 5.11 Å². The number of hydrogen-bond donors (Lipinski definition) is 1. The van der Waals surface area contributed by atoms with E-state index in [1.54, 1.807) is 6.07 Å². The fourth-order valence-electron chi connectivity index (χ4n) is 2.83. The molecular formula is C14H17ClO4S. The summed E-state index contributed by atoms with van der Waals surface area (Å²) in [4.78, 5) is 11.8. The van der Waals surface area contributed by atoms with Crippen LogP contribution in [0, 0.1) is 0 Å². The smallest absolute Gasteiger partial charge is 0.314 e. The van der Waals surface area contributed by atoms with E-state index < -0.39 is 21.2 Å². The van der Waals surface area contributed by atoms with Crippen LogP contribution < -0.4 is 0 Å². The average molecular weight is 317 g/mol. The molecule has 0 atom stereocenters. The zero-order chi connectivity index (χ0) is 15.0. The van der Waals surface area contributed by atoms with Crippen LogP contribution in [0.3, 0.4) is 0 Å². The van der Waals surface area contributed by atoms with Crippen LogP contribution in [0.4, 0.5) is 0 Å². The van der Waals surface area contributed by atoms with Crippen molar-refractivity contribution in [3.63, 3.8) is 0 Å². The van der Waals surface area contributed by atoms with Crippen LogP contribution in [0.2, 0.25) is 5.02 Å². The third-order valence-corrected chi connectivity index (χ3v) is 5.28. The third kappa shape index (κ3) is 2.83. The summed E-state index contributed by atoms with van der Waals surface area (Å²) < 4.78 is 23.4. The van der Waals surface area contributed by atoms with Crippen molar-refractivity contribution < 1.29 is 18.3 Å². The second-order valence-corrected chi connectivity index (χ2v) is 7.85. The lowest BCUT2D eigenvalue weighted by atomic mass is 9.69. The van der Waals surface area contributed by atoms with E-state index >= 15 is 0 Å². The summed E-state index contributed by atoms with van der Waals surface area (Å²) >= 11 is 5.98. The molecule has 20 heavy (non-hydrogen) atoms. The predicted molar refractivity (Wildman–Crippen MR) is 77.0 cm³/mol. The normalized spacial score (nSPS) is 18.7. The quantitative estimate of drug-likeness (QED) is 0.930. The topological polar surface area (TPSA) is 71.4 Å². The number of sulfone groups is 1. The number of carboxylic acid groups (broad SMARTS) is 1. The first-order valence-corrected chi connectivity index (χ1v) is 8.77. The van der Waals surface area contributed by atoms with Crippen molar-refractivity contribution in [1.82, 2.24) is 0 Å². The van der Waals surface area contributed by atoms with Crippen LogP contribution in [-0.4, -0.2) is 25.7 Å². The van der Waals surface area contributed by atoms with Gasteiger partial charge in [-0.05, 0) is 36.6 Å². The molecule has 0 unspecified atom stereocenters. The minimum Gasteiger partial charge on any atom is -0.481 e. The lowest BCUT2D eigenvalue weighted by molar-refractivity contribution is -0.145. The van der Waals surface area contributed by atoms with Crippen LogP contribution in [0.25, 0.3) is 0 Å². The molecule has 1 N–H and O–H groups in total. The van der Waals surface area contributed by atoms with Crippen molar-refractivity contribution in [3.8, 4) is 0 Å². The zero-order valence-corrected chi connectivity index (χ0v) is 12.8. The Morgan fingerprint density at radius 1 is 1.20 bits per heavy atom. The van der Waals surface area contributed by atoms with E-state index in [2.05, 4.69) is 0 Å². The minimum atomic E-state index is -3.42. The molecule has 0 aliphatic heterocycles. The van der Waals surface area contributed by atoms with Crippen LogP contribution in [0.5, 0.6) is 0 Å². The van der Waals surface area contributed by atoms with Gasteiger partial charge in [0.15, 0.2) is 9.84 Å². The number of halogens is 1. The van der Waals surface area contributed by atoms with Crippen LogP contribution in [0.1, 0.15) is 37.7 Å². The molecule has 1 aliphatic rings. The maximum atomic E-state index is 11.8. The molecule has 6 heteroatoms. The van der Waals surface area contributed by atoms with Gasteiger partial charge in [-0.2, -0.15) is 0 Å². The van der Waals surface area contributed by atoms with E-state index in [9.17, 15) is 18.3 Å². The number of rotatable bonds is 3. The van der Waals surface area contributed by atoms with Crippen molar-refractivity contribution in [2.75, 3.05) is 6.26 Å². The van der Waals surface area contributed by atoms with Crippen LogP contribution in [0.15, 0.2) is 23.1 Å². The number of hydrogen-bond acceptors (Lipinski definition) is 3. The van der Waals surface area contributed by atoms with Gasteiger partial charge in [-0.3, -0.25) is 4.79 Å². The summed E-state index contributed by atoms with van der Waals surface area (Å²) in [7, 11) is -3.42. The predicted octanol–water partition coefficient (Wildman–Crippen LogP) is 3.03. The summed E-state index contributed by atoms with van der Waals surface area (Å²) in [5, 5.41) is 9.89. The van der Waals surface area contributed by atoms with Gasteiger partial charge in [0.2, 0.25) is 0 Å². The largest absolute Gasteiger partial charge is 0.481 e. The van der Waals surface area contributed by atoms with Crippen molar-refractivity contribution in [2.24, 2.45) is 0 Å². The van der Waals surface area contributed by atoms with Gasteiger partial charge in [0.05, 0.1) is 10.3 Å². The number of carboxylic acids is 1. The molecule has 0 heterocycles. The van der Waals surface area contributed by atoms with E-state index in [0.717, 1.165) is 25.5 Å². The molecule has 0 spiro atoms. The Morgan fingerprint density at radius 2 is 1.80 bits per heavy atom. The molecule has 1 aliphatic carbocycles. The Morgan fingerprint density at radius 3 is 2.30 bits per heavy atom. The van der Waals surface area contributed by atoms with Crippen molar-refractivity contribution in [1.29, 1.82) is 0 Å². The molecule has 0 aromatic heterocycles. The van der Waals surface area contributed by atoms with E-state index in [1.807, 2.05) is 0 Å². The molecule has 1 aromatic carbocycles. The summed E-state index contributed by atoms with van der Waals surface area (Å²) in [5.74, 6) is -0.904. The van der Waals surface area contributed by atoms with E-state index in [1.165, 1.54) is 12.1 Å². The Bertz CT molecular complexity index is 631. The highest BCUT2D eigenvalue weighted by atomic mass is 35.5. The molecule has 110 valence electrons. The van der Waals surface area contributed by atoms with E-state index in [4.69, 9.17) is 11.6 Å². The van der Waals surface area contributed by atoms with Gasteiger partial charge >= 0.3 is 5.97 Å². The highest BCUT2D eigenvalue weighted by Crippen LogP contribution is 2.41. The summed E-state index contributed by atoms with van der Waals surface area (Å²) in [6.45, 7) is 0. The standard InChI is InChI=1S/C14H17ClO4S/c1-20(18,19)12-8-10(7-11(15)9-12)14(13(16)17)5-3-2-4-6-14/h7-9H,2-6H2,1H3,(H,16,17). The van der Waals surface area contributed by atoms with Gasteiger partial charge in [-0.15, -0.1) is 0 Å². The van der Waals surface area contributed by atoms with Gasteiger partial charge in [0, 0.05) is 11.3 Å². The molecule has 0 radical (unpaired) electrons. The van der Waals surface area contributed by atoms with Gasteiger partial charge in [-0.1, -0.05) is 30.9 Å². The first-order chi connectivity index (χ1) is 9.25. The molecule has 0 amide bonds. The fourth-order valence-corrected chi connectivity index (χ4v) is 3.82. The number of aliphatic carboxylic acids is 1. The third-order valence-electron chi connectivity index (χ3n) is 3.97. The maximum absolute atomic E-state index is 11.8. The Kier molecular flexibility index (Phi) is 4.12. The minimum absolute atomic E-state index is 0.0752. The Hall–Kier alpha value is -1.07. The molecule has 1 fully saturated rings. The molecule has 1 saturated carbocycles. The first-order valence-electron chi connectivity index (χ1n) is 6.50. The summed E-state index contributed by atoms with van der Waals surface area (Å²) in [6, 6.07) is 4.40. The summed E-state index contributed by atoms with van der Waals surface area (Å²) in [5.41, 5.74) is -0.514. The van der Waals surface area contributed by atoms with Crippen molar-refractivity contribution in [3.05, 3.63) is 28.8 Å². The molecule has 0 saturated heterocycles. The van der Waals surface area contributed by atoms with Gasteiger partial charge in [0.25, 0.3) is 0 Å². The van der Waals surface area contributed by atoms with E-state index in [0.29, 0.717) is 18.4 Å². The van der Waals surface area contributed by atoms with Crippen molar-refractivity contribution >= 4 is 27.4 Å².